The van der Waals surface area contributed by atoms with Crippen LogP contribution >= 0.6 is 15.9 Å². The summed E-state index contributed by atoms with van der Waals surface area (Å²) in [5.41, 5.74) is -0.0939. The van der Waals surface area contributed by atoms with E-state index in [1.54, 1.807) is 0 Å². The molecule has 0 aliphatic rings. The van der Waals surface area contributed by atoms with Gasteiger partial charge in [-0.1, -0.05) is 15.9 Å². The summed E-state index contributed by atoms with van der Waals surface area (Å²) in [5, 5.41) is 9.07. The second-order valence-corrected chi connectivity index (χ2v) is 3.89. The maximum atomic E-state index is 12.8. The smallest absolute Gasteiger partial charge is 0.310 e. The van der Waals surface area contributed by atoms with Gasteiger partial charge in [0.2, 0.25) is 0 Å². The average molecular weight is 319 g/mol. The van der Waals surface area contributed by atoms with Crippen molar-refractivity contribution in [3.05, 3.63) is 28.6 Å². The van der Waals surface area contributed by atoms with E-state index in [0.717, 1.165) is 7.11 Å². The van der Waals surface area contributed by atoms with Gasteiger partial charge in [-0.3, -0.25) is 4.79 Å². The molecule has 0 spiro atoms. The van der Waals surface area contributed by atoms with Crippen LogP contribution in [-0.4, -0.2) is 18.1 Å². The number of hydrogen-bond acceptors (Lipinski definition) is 4. The van der Waals surface area contributed by atoms with Gasteiger partial charge in [-0.2, -0.15) is 5.26 Å². The van der Waals surface area contributed by atoms with E-state index in [4.69, 9.17) is 5.26 Å². The van der Waals surface area contributed by atoms with Gasteiger partial charge in [0, 0.05) is 5.33 Å². The van der Waals surface area contributed by atoms with Crippen LogP contribution in [0.2, 0.25) is 0 Å². The average Bonchev–Trinajstić information content (AvgIpc) is 2.37. The first-order chi connectivity index (χ1) is 8.53. The van der Waals surface area contributed by atoms with Crippen LogP contribution in [0.15, 0.2) is 6.07 Å². The first-order valence-corrected chi connectivity index (χ1v) is 5.99. The lowest BCUT2D eigenvalue weighted by Gasteiger charge is -2.10. The minimum absolute atomic E-state index is 0.0121. The SMILES string of the molecule is COC(=O)Cc1cc(C#N)c(CBr)nc1C(F)F. The van der Waals surface area contributed by atoms with Gasteiger partial charge >= 0.3 is 5.97 Å². The number of nitrogens with zero attached hydrogens (tertiary/aromatic N) is 2. The van der Waals surface area contributed by atoms with Crippen LogP contribution in [0.25, 0.3) is 0 Å². The van der Waals surface area contributed by atoms with E-state index < -0.39 is 18.1 Å². The highest BCUT2D eigenvalue weighted by Gasteiger charge is 2.20. The van der Waals surface area contributed by atoms with Crippen molar-refractivity contribution in [1.29, 1.82) is 5.26 Å². The number of ether oxygens (including phenoxy) is 1. The third-order valence-corrected chi connectivity index (χ3v) is 2.76. The molecule has 1 aromatic rings. The fourth-order valence-corrected chi connectivity index (χ4v) is 1.79. The number of halogens is 3. The lowest BCUT2D eigenvalue weighted by molar-refractivity contribution is -0.139. The number of carbonyl (C=O) groups is 1. The van der Waals surface area contributed by atoms with E-state index in [2.05, 4.69) is 25.7 Å². The number of carbonyl (C=O) groups excluding carboxylic acids is 1. The zero-order chi connectivity index (χ0) is 13.7. The Morgan fingerprint density at radius 1 is 1.67 bits per heavy atom. The van der Waals surface area contributed by atoms with Gasteiger partial charge < -0.3 is 4.74 Å². The van der Waals surface area contributed by atoms with E-state index in [-0.39, 0.29) is 28.6 Å². The highest BCUT2D eigenvalue weighted by Crippen LogP contribution is 2.24. The van der Waals surface area contributed by atoms with E-state index in [1.807, 2.05) is 6.07 Å². The Labute approximate surface area is 111 Å². The third-order valence-electron chi connectivity index (χ3n) is 2.23. The van der Waals surface area contributed by atoms with Gasteiger partial charge in [0.1, 0.15) is 11.8 Å². The molecule has 0 atom stereocenters. The molecule has 18 heavy (non-hydrogen) atoms. The van der Waals surface area contributed by atoms with Crippen molar-refractivity contribution in [2.75, 3.05) is 7.11 Å². The zero-order valence-electron chi connectivity index (χ0n) is 9.41. The van der Waals surface area contributed by atoms with Crippen LogP contribution in [0.5, 0.6) is 0 Å². The summed E-state index contributed by atoms with van der Waals surface area (Å²) in [5.74, 6) is -0.658. The highest BCUT2D eigenvalue weighted by molar-refractivity contribution is 9.08. The van der Waals surface area contributed by atoms with Crippen LogP contribution in [-0.2, 0) is 21.3 Å². The van der Waals surface area contributed by atoms with E-state index in [1.165, 1.54) is 6.07 Å². The Hall–Kier alpha value is -1.55. The molecule has 7 heteroatoms. The van der Waals surface area contributed by atoms with Crippen molar-refractivity contribution in [3.63, 3.8) is 0 Å². The maximum Gasteiger partial charge on any atom is 0.310 e. The summed E-state index contributed by atoms with van der Waals surface area (Å²) in [7, 11) is 1.16. The van der Waals surface area contributed by atoms with Crippen LogP contribution < -0.4 is 0 Å². The minimum atomic E-state index is -2.81. The first-order valence-electron chi connectivity index (χ1n) is 4.87. The summed E-state index contributed by atoms with van der Waals surface area (Å²) in [6.07, 6.45) is -3.14. The van der Waals surface area contributed by atoms with Gasteiger partial charge in [0.15, 0.2) is 0 Å². The third kappa shape index (κ3) is 3.23. The van der Waals surface area contributed by atoms with Gasteiger partial charge in [-0.15, -0.1) is 0 Å². The summed E-state index contributed by atoms with van der Waals surface area (Å²) in [4.78, 5) is 14.8. The van der Waals surface area contributed by atoms with Crippen molar-refractivity contribution < 1.29 is 18.3 Å². The Bertz CT molecular complexity index is 501. The fraction of sp³-hybridized carbons (Fsp3) is 0.364. The summed E-state index contributed by atoms with van der Waals surface area (Å²) < 4.78 is 30.1. The molecule has 0 aliphatic heterocycles. The minimum Gasteiger partial charge on any atom is -0.469 e. The Morgan fingerprint density at radius 2 is 2.33 bits per heavy atom. The first kappa shape index (κ1) is 14.5. The molecule has 0 amide bonds. The standard InChI is InChI=1S/C11H9BrF2N2O2/c1-18-9(17)3-6-2-7(5-15)8(4-12)16-10(6)11(13)14/h2,11H,3-4H2,1H3. The Balaban J connectivity index is 3.30. The number of pyridine rings is 1. The molecule has 0 bridgehead atoms. The topological polar surface area (TPSA) is 63.0 Å². The predicted molar refractivity (Wildman–Crippen MR) is 62.3 cm³/mol. The molecule has 0 aromatic carbocycles. The Morgan fingerprint density at radius 3 is 2.78 bits per heavy atom. The number of aromatic nitrogens is 1. The lowest BCUT2D eigenvalue weighted by Crippen LogP contribution is -2.10. The second kappa shape index (κ2) is 6.40. The van der Waals surface area contributed by atoms with Crippen LogP contribution in [0.4, 0.5) is 8.78 Å². The monoisotopic (exact) mass is 318 g/mol. The number of hydrogen-bond donors (Lipinski definition) is 0. The molecular formula is C11H9BrF2N2O2. The van der Waals surface area contributed by atoms with E-state index in [0.29, 0.717) is 0 Å². The van der Waals surface area contributed by atoms with Crippen molar-refractivity contribution in [2.45, 2.75) is 18.2 Å². The number of nitriles is 1. The van der Waals surface area contributed by atoms with Gasteiger partial charge in [-0.05, 0) is 11.6 Å². The lowest BCUT2D eigenvalue weighted by atomic mass is 10.1. The van der Waals surface area contributed by atoms with Crippen molar-refractivity contribution in [3.8, 4) is 6.07 Å². The highest BCUT2D eigenvalue weighted by atomic mass is 79.9. The summed E-state index contributed by atoms with van der Waals surface area (Å²) in [6, 6.07) is 3.11. The second-order valence-electron chi connectivity index (χ2n) is 3.33. The molecule has 1 heterocycles. The molecule has 0 unspecified atom stereocenters. The summed E-state index contributed by atoms with van der Waals surface area (Å²) >= 11 is 3.07. The molecule has 0 saturated heterocycles. The molecule has 0 radical (unpaired) electrons. The van der Waals surface area contributed by atoms with Crippen LogP contribution in [0.3, 0.4) is 0 Å². The van der Waals surface area contributed by atoms with Gasteiger partial charge in [0.05, 0.1) is 24.8 Å². The number of alkyl halides is 3. The molecule has 0 aliphatic carbocycles. The van der Waals surface area contributed by atoms with E-state index in [9.17, 15) is 13.6 Å². The molecule has 0 saturated carbocycles. The van der Waals surface area contributed by atoms with Crippen molar-refractivity contribution in [1.82, 2.24) is 4.98 Å². The number of rotatable bonds is 4. The predicted octanol–water partition coefficient (Wildman–Crippen LogP) is 2.50. The quantitative estimate of drug-likeness (QED) is 0.632. The molecule has 0 N–H and O–H groups in total. The maximum absolute atomic E-state index is 12.8. The molecule has 1 aromatic heterocycles. The zero-order valence-corrected chi connectivity index (χ0v) is 11.0. The van der Waals surface area contributed by atoms with Crippen molar-refractivity contribution in [2.24, 2.45) is 0 Å². The van der Waals surface area contributed by atoms with Gasteiger partial charge in [-0.25, -0.2) is 13.8 Å². The largest absolute Gasteiger partial charge is 0.469 e. The normalized spacial score (nSPS) is 10.2. The van der Waals surface area contributed by atoms with Crippen molar-refractivity contribution >= 4 is 21.9 Å². The summed E-state index contributed by atoms with van der Waals surface area (Å²) in [6.45, 7) is 0. The van der Waals surface area contributed by atoms with Crippen LogP contribution in [0.1, 0.15) is 28.9 Å². The van der Waals surface area contributed by atoms with Crippen LogP contribution in [0, 0.1) is 11.3 Å². The molecule has 4 nitrogen and oxygen atoms in total. The molecule has 0 fully saturated rings. The fourth-order valence-electron chi connectivity index (χ4n) is 1.37. The Kier molecular flexibility index (Phi) is 5.16. The van der Waals surface area contributed by atoms with E-state index >= 15 is 0 Å². The number of esters is 1. The molecule has 1 rings (SSSR count). The number of methoxy groups -OCH3 is 1. The molecule has 96 valence electrons. The van der Waals surface area contributed by atoms with Gasteiger partial charge in [0.25, 0.3) is 6.43 Å². The molecular weight excluding hydrogens is 310 g/mol.